The van der Waals surface area contributed by atoms with E-state index in [4.69, 9.17) is 0 Å². The van der Waals surface area contributed by atoms with Gasteiger partial charge in [-0.15, -0.1) is 22.7 Å². The summed E-state index contributed by atoms with van der Waals surface area (Å²) in [6, 6.07) is 10.0. The Kier molecular flexibility index (Phi) is 3.67. The van der Waals surface area contributed by atoms with Crippen molar-refractivity contribution < 1.29 is 0 Å². The van der Waals surface area contributed by atoms with Gasteiger partial charge in [-0.2, -0.15) is 0 Å². The fourth-order valence-corrected chi connectivity index (χ4v) is 5.55. The Morgan fingerprint density at radius 1 is 0.900 bits per heavy atom. The topological polar surface area (TPSA) is 3.24 Å². The van der Waals surface area contributed by atoms with Crippen LogP contribution >= 0.6 is 22.7 Å². The van der Waals surface area contributed by atoms with Crippen molar-refractivity contribution in [3.05, 3.63) is 44.8 Å². The maximum absolute atomic E-state index is 2.73. The summed E-state index contributed by atoms with van der Waals surface area (Å²) in [6.45, 7) is 2.64. The molecule has 2 fully saturated rings. The number of hydrogen-bond donors (Lipinski definition) is 0. The Balaban J connectivity index is 1.53. The van der Waals surface area contributed by atoms with Crippen LogP contribution in [-0.2, 0) is 0 Å². The van der Waals surface area contributed by atoms with E-state index in [9.17, 15) is 0 Å². The Morgan fingerprint density at radius 3 is 1.95 bits per heavy atom. The molecule has 3 heteroatoms. The molecule has 0 N–H and O–H groups in total. The van der Waals surface area contributed by atoms with Crippen LogP contribution in [0.5, 0.6) is 0 Å². The molecule has 1 saturated heterocycles. The summed E-state index contributed by atoms with van der Waals surface area (Å²) in [5.41, 5.74) is 0. The first kappa shape index (κ1) is 13.1. The zero-order chi connectivity index (χ0) is 13.4. The van der Waals surface area contributed by atoms with Crippen molar-refractivity contribution in [1.29, 1.82) is 0 Å². The van der Waals surface area contributed by atoms with Gasteiger partial charge >= 0.3 is 0 Å². The van der Waals surface area contributed by atoms with Crippen molar-refractivity contribution in [3.63, 3.8) is 0 Å². The first-order valence-corrected chi connectivity index (χ1v) is 9.48. The van der Waals surface area contributed by atoms with Gasteiger partial charge in [0.15, 0.2) is 0 Å². The predicted octanol–water partition coefficient (Wildman–Crippen LogP) is 4.82. The number of piperidine rings is 1. The van der Waals surface area contributed by atoms with Gasteiger partial charge in [0.2, 0.25) is 0 Å². The lowest BCUT2D eigenvalue weighted by Crippen LogP contribution is -2.37. The average molecular weight is 303 g/mol. The van der Waals surface area contributed by atoms with Gasteiger partial charge in [0.05, 0.1) is 0 Å². The fraction of sp³-hybridized carbons (Fsp3) is 0.529. The highest BCUT2D eigenvalue weighted by molar-refractivity contribution is 7.11. The molecule has 0 amide bonds. The third-order valence-corrected chi connectivity index (χ3v) is 6.72. The summed E-state index contributed by atoms with van der Waals surface area (Å²) in [4.78, 5) is 5.87. The van der Waals surface area contributed by atoms with Gasteiger partial charge in [0, 0.05) is 21.7 Å². The molecule has 2 aliphatic rings. The molecular weight excluding hydrogens is 282 g/mol. The number of likely N-dealkylation sites (tertiary alicyclic amines) is 1. The highest BCUT2D eigenvalue weighted by Crippen LogP contribution is 2.42. The van der Waals surface area contributed by atoms with Gasteiger partial charge in [0.1, 0.15) is 0 Å². The van der Waals surface area contributed by atoms with Gasteiger partial charge < -0.3 is 4.90 Å². The third-order valence-electron chi connectivity index (χ3n) is 4.81. The summed E-state index contributed by atoms with van der Waals surface area (Å²) in [7, 11) is 0. The van der Waals surface area contributed by atoms with Crippen LogP contribution in [0.25, 0.3) is 0 Å². The molecule has 106 valence electrons. The fourth-order valence-electron chi connectivity index (χ4n) is 3.60. The van der Waals surface area contributed by atoms with Crippen molar-refractivity contribution in [2.45, 2.75) is 37.6 Å². The molecule has 2 aromatic heterocycles. The van der Waals surface area contributed by atoms with Crippen molar-refractivity contribution in [2.24, 2.45) is 5.92 Å². The van der Waals surface area contributed by atoms with E-state index < -0.39 is 0 Å². The van der Waals surface area contributed by atoms with Crippen LogP contribution in [0.3, 0.4) is 0 Å². The second-order valence-corrected chi connectivity index (χ2v) is 8.07. The largest absolute Gasteiger partial charge is 0.300 e. The number of hydrogen-bond acceptors (Lipinski definition) is 3. The van der Waals surface area contributed by atoms with E-state index in [1.807, 2.05) is 22.7 Å². The van der Waals surface area contributed by atoms with Gasteiger partial charge in [-0.3, -0.25) is 0 Å². The summed E-state index contributed by atoms with van der Waals surface area (Å²) in [5.74, 6) is 1.48. The van der Waals surface area contributed by atoms with Crippen LogP contribution in [0.1, 0.15) is 41.4 Å². The first-order chi connectivity index (χ1) is 9.92. The Morgan fingerprint density at radius 2 is 1.50 bits per heavy atom. The lowest BCUT2D eigenvalue weighted by molar-refractivity contribution is 0.169. The van der Waals surface area contributed by atoms with Crippen LogP contribution in [0.15, 0.2) is 35.0 Å². The normalized spacial score (nSPS) is 21.6. The van der Waals surface area contributed by atoms with Gasteiger partial charge in [-0.05, 0) is 67.6 Å². The minimum atomic E-state index is 0.649. The molecule has 0 radical (unpaired) electrons. The molecule has 3 heterocycles. The summed E-state index contributed by atoms with van der Waals surface area (Å²) in [5, 5.41) is 4.46. The first-order valence-electron chi connectivity index (χ1n) is 7.72. The summed E-state index contributed by atoms with van der Waals surface area (Å²) < 4.78 is 0. The molecule has 0 spiro atoms. The standard InChI is InChI=1S/C17H21NS2/c1-3-15(19-11-1)17(16-4-2-12-20-16)13-7-9-18(10-8-13)14-5-6-14/h1-4,11-14,17H,5-10H2. The van der Waals surface area contributed by atoms with Gasteiger partial charge in [-0.1, -0.05) is 12.1 Å². The predicted molar refractivity (Wildman–Crippen MR) is 87.8 cm³/mol. The molecular formula is C17H21NS2. The van der Waals surface area contributed by atoms with Gasteiger partial charge in [0.25, 0.3) is 0 Å². The van der Waals surface area contributed by atoms with Crippen LogP contribution in [0.2, 0.25) is 0 Å². The van der Waals surface area contributed by atoms with Crippen molar-refractivity contribution in [2.75, 3.05) is 13.1 Å². The number of thiophene rings is 2. The molecule has 0 aromatic carbocycles. The molecule has 1 nitrogen and oxygen atoms in total. The summed E-state index contributed by atoms with van der Waals surface area (Å²) in [6.07, 6.45) is 5.64. The molecule has 0 atom stereocenters. The zero-order valence-electron chi connectivity index (χ0n) is 11.7. The van der Waals surface area contributed by atoms with E-state index in [0.717, 1.165) is 12.0 Å². The lowest BCUT2D eigenvalue weighted by atomic mass is 9.82. The van der Waals surface area contributed by atoms with Crippen molar-refractivity contribution in [3.8, 4) is 0 Å². The molecule has 0 unspecified atom stereocenters. The highest BCUT2D eigenvalue weighted by atomic mass is 32.1. The minimum absolute atomic E-state index is 0.649. The molecule has 1 aliphatic heterocycles. The number of rotatable bonds is 4. The Labute approximate surface area is 129 Å². The van der Waals surface area contributed by atoms with Crippen LogP contribution in [0, 0.1) is 5.92 Å². The van der Waals surface area contributed by atoms with E-state index in [0.29, 0.717) is 5.92 Å². The maximum atomic E-state index is 2.73. The lowest BCUT2D eigenvalue weighted by Gasteiger charge is -2.35. The molecule has 1 saturated carbocycles. The van der Waals surface area contributed by atoms with Crippen LogP contribution in [-0.4, -0.2) is 24.0 Å². The molecule has 0 bridgehead atoms. The Hall–Kier alpha value is -0.640. The molecule has 2 aromatic rings. The van der Waals surface area contributed by atoms with E-state index in [1.165, 1.54) is 38.8 Å². The Bertz CT molecular complexity index is 485. The highest BCUT2D eigenvalue weighted by Gasteiger charge is 2.35. The van der Waals surface area contributed by atoms with E-state index >= 15 is 0 Å². The quantitative estimate of drug-likeness (QED) is 0.783. The SMILES string of the molecule is c1csc(C(c2cccs2)C2CCN(C3CC3)CC2)c1. The molecule has 20 heavy (non-hydrogen) atoms. The maximum Gasteiger partial charge on any atom is 0.0307 e. The van der Waals surface area contributed by atoms with Crippen LogP contribution in [0.4, 0.5) is 0 Å². The van der Waals surface area contributed by atoms with Crippen molar-refractivity contribution in [1.82, 2.24) is 4.90 Å². The van der Waals surface area contributed by atoms with Crippen LogP contribution < -0.4 is 0 Å². The van der Waals surface area contributed by atoms with E-state index in [2.05, 4.69) is 39.9 Å². The zero-order valence-corrected chi connectivity index (χ0v) is 13.3. The average Bonchev–Trinajstić information content (AvgIpc) is 2.97. The molecule has 4 rings (SSSR count). The minimum Gasteiger partial charge on any atom is -0.300 e. The summed E-state index contributed by atoms with van der Waals surface area (Å²) >= 11 is 3.87. The number of nitrogens with zero attached hydrogens (tertiary/aromatic N) is 1. The molecule has 1 aliphatic carbocycles. The van der Waals surface area contributed by atoms with E-state index in [1.54, 1.807) is 9.75 Å². The van der Waals surface area contributed by atoms with Crippen molar-refractivity contribution >= 4 is 22.7 Å². The monoisotopic (exact) mass is 303 g/mol. The smallest absolute Gasteiger partial charge is 0.0307 e. The third kappa shape index (κ3) is 2.59. The van der Waals surface area contributed by atoms with E-state index in [-0.39, 0.29) is 0 Å². The second-order valence-electron chi connectivity index (χ2n) is 6.11. The van der Waals surface area contributed by atoms with Gasteiger partial charge in [-0.25, -0.2) is 0 Å². The second kappa shape index (κ2) is 5.63.